The summed E-state index contributed by atoms with van der Waals surface area (Å²) < 4.78 is 43.6. The van der Waals surface area contributed by atoms with Gasteiger partial charge >= 0.3 is 0 Å². The highest BCUT2D eigenvalue weighted by Crippen LogP contribution is 2.26. The summed E-state index contributed by atoms with van der Waals surface area (Å²) in [4.78, 5) is 27.9. The number of hydrogen-bond acceptors (Lipinski definition) is 4. The van der Waals surface area contributed by atoms with Gasteiger partial charge in [-0.25, -0.2) is 12.8 Å². The maximum Gasteiger partial charge on any atom is 0.264 e. The lowest BCUT2D eigenvalue weighted by atomic mass is 10.1. The molecule has 3 aromatic carbocycles. The van der Waals surface area contributed by atoms with Crippen molar-refractivity contribution in [1.29, 1.82) is 0 Å². The van der Waals surface area contributed by atoms with Crippen molar-refractivity contribution in [2.45, 2.75) is 44.2 Å². The third kappa shape index (κ3) is 7.41. The second-order valence-corrected chi connectivity index (χ2v) is 11.5. The van der Waals surface area contributed by atoms with E-state index in [2.05, 4.69) is 21.2 Å². The number of sulfonamides is 1. The summed E-state index contributed by atoms with van der Waals surface area (Å²) in [5.74, 6) is -1.57. The van der Waals surface area contributed by atoms with Gasteiger partial charge in [-0.15, -0.1) is 0 Å². The van der Waals surface area contributed by atoms with Gasteiger partial charge in [0.2, 0.25) is 11.8 Å². The van der Waals surface area contributed by atoms with Crippen LogP contribution in [0.1, 0.15) is 32.3 Å². The molecule has 3 aromatic rings. The maximum atomic E-state index is 14.6. The molecule has 0 unspecified atom stereocenters. The molecule has 0 saturated carbocycles. The topological polar surface area (TPSA) is 86.8 Å². The van der Waals surface area contributed by atoms with Crippen LogP contribution in [0.2, 0.25) is 0 Å². The van der Waals surface area contributed by atoms with Crippen molar-refractivity contribution in [3.63, 3.8) is 0 Å². The van der Waals surface area contributed by atoms with Crippen LogP contribution in [0.3, 0.4) is 0 Å². The van der Waals surface area contributed by atoms with Gasteiger partial charge in [-0.3, -0.25) is 13.9 Å². The molecular weight excluding hydrogens is 573 g/mol. The molecule has 0 aliphatic rings. The molecule has 38 heavy (non-hydrogen) atoms. The molecule has 0 fully saturated rings. The number of benzene rings is 3. The fourth-order valence-corrected chi connectivity index (χ4v) is 5.48. The van der Waals surface area contributed by atoms with Gasteiger partial charge in [-0.1, -0.05) is 65.7 Å². The summed E-state index contributed by atoms with van der Waals surface area (Å²) in [7, 11) is -4.14. The zero-order valence-electron chi connectivity index (χ0n) is 21.3. The molecule has 0 aliphatic carbocycles. The number of nitrogens with one attached hydrogen (secondary N) is 1. The number of unbranched alkanes of at least 4 members (excludes halogenated alkanes) is 1. The molecule has 10 heteroatoms. The predicted octanol–water partition coefficient (Wildman–Crippen LogP) is 5.12. The lowest BCUT2D eigenvalue weighted by Gasteiger charge is -2.32. The molecule has 0 bridgehead atoms. The van der Waals surface area contributed by atoms with E-state index in [1.165, 1.54) is 35.2 Å². The Morgan fingerprint density at radius 2 is 1.61 bits per heavy atom. The lowest BCUT2D eigenvalue weighted by Crippen LogP contribution is -2.51. The molecule has 7 nitrogen and oxygen atoms in total. The Labute approximate surface area is 231 Å². The second-order valence-electron chi connectivity index (χ2n) is 8.73. The van der Waals surface area contributed by atoms with E-state index < -0.39 is 40.2 Å². The summed E-state index contributed by atoms with van der Waals surface area (Å²) in [6.07, 6.45) is 1.65. The first-order valence-corrected chi connectivity index (χ1v) is 14.5. The molecule has 0 spiro atoms. The van der Waals surface area contributed by atoms with Crippen LogP contribution in [0.25, 0.3) is 0 Å². The molecule has 202 valence electrons. The average molecular weight is 605 g/mol. The van der Waals surface area contributed by atoms with E-state index >= 15 is 0 Å². The minimum absolute atomic E-state index is 0.0155. The third-order valence-corrected chi connectivity index (χ3v) is 8.34. The molecule has 1 atom stereocenters. The second kappa shape index (κ2) is 13.5. The Morgan fingerprint density at radius 1 is 0.974 bits per heavy atom. The van der Waals surface area contributed by atoms with Crippen molar-refractivity contribution in [2.75, 3.05) is 17.4 Å². The standard InChI is InChI=1S/C28H31BrFN3O4S/c1-3-4-18-31-28(35)21(2)32(19-22-10-8-9-13-26(22)30)27(34)20-33(24-16-14-23(29)15-17-24)38(36,37)25-11-6-5-7-12-25/h5-17,21H,3-4,18-20H2,1-2H3,(H,31,35)/t21-/m1/s1. The van der Waals surface area contributed by atoms with Gasteiger partial charge in [-0.2, -0.15) is 0 Å². The summed E-state index contributed by atoms with van der Waals surface area (Å²) in [5, 5.41) is 2.80. The first kappa shape index (κ1) is 29.3. The highest BCUT2D eigenvalue weighted by molar-refractivity contribution is 9.10. The van der Waals surface area contributed by atoms with E-state index in [9.17, 15) is 22.4 Å². The normalized spacial score (nSPS) is 12.0. The minimum atomic E-state index is -4.14. The SMILES string of the molecule is CCCCNC(=O)[C@@H](C)N(Cc1ccccc1F)C(=O)CN(c1ccc(Br)cc1)S(=O)(=O)c1ccccc1. The van der Waals surface area contributed by atoms with Crippen molar-refractivity contribution in [2.24, 2.45) is 0 Å². The molecule has 1 N–H and O–H groups in total. The van der Waals surface area contributed by atoms with Crippen molar-refractivity contribution in [3.8, 4) is 0 Å². The third-order valence-electron chi connectivity index (χ3n) is 6.02. The fraction of sp³-hybridized carbons (Fsp3) is 0.286. The van der Waals surface area contributed by atoms with Crippen LogP contribution < -0.4 is 9.62 Å². The molecule has 2 amide bonds. The van der Waals surface area contributed by atoms with Crippen LogP contribution in [-0.4, -0.2) is 44.3 Å². The van der Waals surface area contributed by atoms with Crippen LogP contribution in [0.5, 0.6) is 0 Å². The van der Waals surface area contributed by atoms with Gasteiger partial charge in [0, 0.05) is 23.1 Å². The van der Waals surface area contributed by atoms with E-state index in [4.69, 9.17) is 0 Å². The fourth-order valence-electron chi connectivity index (χ4n) is 3.78. The van der Waals surface area contributed by atoms with Crippen molar-refractivity contribution >= 4 is 43.5 Å². The van der Waals surface area contributed by atoms with Crippen LogP contribution in [0.15, 0.2) is 88.2 Å². The average Bonchev–Trinajstić information content (AvgIpc) is 2.92. The number of halogens is 2. The maximum absolute atomic E-state index is 14.6. The molecule has 0 aromatic heterocycles. The Kier molecular flexibility index (Phi) is 10.4. The number of carbonyl (C=O) groups is 2. The number of rotatable bonds is 12. The molecule has 0 aliphatic heterocycles. The summed E-state index contributed by atoms with van der Waals surface area (Å²) in [5.41, 5.74) is 0.492. The van der Waals surface area contributed by atoms with E-state index in [0.29, 0.717) is 6.54 Å². The molecule has 0 saturated heterocycles. The highest BCUT2D eigenvalue weighted by Gasteiger charge is 2.32. The first-order valence-electron chi connectivity index (χ1n) is 12.3. The number of carbonyl (C=O) groups excluding carboxylic acids is 2. The summed E-state index contributed by atoms with van der Waals surface area (Å²) in [6, 6.07) is 19.3. The van der Waals surface area contributed by atoms with Crippen molar-refractivity contribution < 1.29 is 22.4 Å². The Morgan fingerprint density at radius 3 is 2.24 bits per heavy atom. The smallest absolute Gasteiger partial charge is 0.264 e. The van der Waals surface area contributed by atoms with Crippen LogP contribution in [0, 0.1) is 5.82 Å². The van der Waals surface area contributed by atoms with Gasteiger partial charge in [0.05, 0.1) is 10.6 Å². The van der Waals surface area contributed by atoms with Crippen LogP contribution >= 0.6 is 15.9 Å². The Balaban J connectivity index is 1.99. The Hall–Kier alpha value is -3.24. The minimum Gasteiger partial charge on any atom is -0.354 e. The monoisotopic (exact) mass is 603 g/mol. The quantitative estimate of drug-likeness (QED) is 0.291. The number of nitrogens with zero attached hydrogens (tertiary/aromatic N) is 2. The molecule has 3 rings (SSSR count). The summed E-state index contributed by atoms with van der Waals surface area (Å²) in [6.45, 7) is 3.20. The van der Waals surface area contributed by atoms with E-state index in [1.807, 2.05) is 6.92 Å². The number of amides is 2. The van der Waals surface area contributed by atoms with Crippen molar-refractivity contribution in [1.82, 2.24) is 10.2 Å². The van der Waals surface area contributed by atoms with E-state index in [0.717, 1.165) is 21.6 Å². The van der Waals surface area contributed by atoms with E-state index in [-0.39, 0.29) is 22.7 Å². The molecule has 0 radical (unpaired) electrons. The first-order chi connectivity index (χ1) is 18.1. The van der Waals surface area contributed by atoms with Gasteiger partial charge in [-0.05, 0) is 55.8 Å². The molecule has 0 heterocycles. The van der Waals surface area contributed by atoms with Crippen molar-refractivity contribution in [3.05, 3.63) is 94.7 Å². The summed E-state index contributed by atoms with van der Waals surface area (Å²) >= 11 is 3.35. The largest absolute Gasteiger partial charge is 0.354 e. The highest BCUT2D eigenvalue weighted by atomic mass is 79.9. The van der Waals surface area contributed by atoms with Gasteiger partial charge in [0.25, 0.3) is 10.0 Å². The van der Waals surface area contributed by atoms with Gasteiger partial charge in [0.1, 0.15) is 18.4 Å². The van der Waals surface area contributed by atoms with Gasteiger partial charge in [0.15, 0.2) is 0 Å². The van der Waals surface area contributed by atoms with E-state index in [1.54, 1.807) is 55.5 Å². The lowest BCUT2D eigenvalue weighted by molar-refractivity contribution is -0.139. The van der Waals surface area contributed by atoms with Crippen LogP contribution in [-0.2, 0) is 26.2 Å². The van der Waals surface area contributed by atoms with Crippen LogP contribution in [0.4, 0.5) is 10.1 Å². The molecular formula is C28H31BrFN3O4S. The zero-order valence-corrected chi connectivity index (χ0v) is 23.7. The number of anilines is 1. The zero-order chi connectivity index (χ0) is 27.7. The van der Waals surface area contributed by atoms with Gasteiger partial charge < -0.3 is 10.2 Å². The number of hydrogen-bond donors (Lipinski definition) is 1. The predicted molar refractivity (Wildman–Crippen MR) is 149 cm³/mol. The Bertz CT molecular complexity index is 1340.